The molecule has 0 aliphatic rings. The number of unbranched alkanes of at least 4 members (excludes halogenated alkanes) is 10. The van der Waals surface area contributed by atoms with Crippen LogP contribution in [-0.4, -0.2) is 47.6 Å². The van der Waals surface area contributed by atoms with Gasteiger partial charge < -0.3 is 19.7 Å². The van der Waals surface area contributed by atoms with E-state index < -0.39 is 6.10 Å². The molecule has 0 spiro atoms. The highest BCUT2D eigenvalue weighted by atomic mass is 16.6. The van der Waals surface area contributed by atoms with Crippen molar-refractivity contribution in [3.05, 3.63) is 48.6 Å². The van der Waals surface area contributed by atoms with E-state index in [-0.39, 0.29) is 37.7 Å². The molecule has 0 fully saturated rings. The standard InChI is InChI=1S/C38H66O6/c1-4-6-22-28-35(40)29-24-19-15-10-8-7-9-11-16-20-25-30-37(41)43-33-36(32-39)44-38(42)31-26-21-17-13-12-14-18-23-27-34(3)5-2/h7-8,11,15-16,19,24,29,34-36,39-40H,4-6,9-10,12-14,17-18,20-23,25-28,30-33H2,1-3H3/b8-7-,16-11-,19-15-,29-24+/t34?,35-,36+/m1/s1. The van der Waals surface area contributed by atoms with Gasteiger partial charge in [-0.2, -0.15) is 0 Å². The summed E-state index contributed by atoms with van der Waals surface area (Å²) >= 11 is 0. The Morgan fingerprint density at radius 2 is 1.32 bits per heavy atom. The number of ether oxygens (including phenoxy) is 2. The molecule has 0 aromatic heterocycles. The molecule has 0 radical (unpaired) electrons. The predicted molar refractivity (Wildman–Crippen MR) is 183 cm³/mol. The first-order valence-corrected chi connectivity index (χ1v) is 17.7. The fourth-order valence-electron chi connectivity index (χ4n) is 4.63. The van der Waals surface area contributed by atoms with E-state index in [1.165, 1.54) is 51.4 Å². The van der Waals surface area contributed by atoms with E-state index in [1.807, 2.05) is 18.2 Å². The summed E-state index contributed by atoms with van der Waals surface area (Å²) in [6.07, 6.45) is 34.9. The van der Waals surface area contributed by atoms with Crippen molar-refractivity contribution in [2.24, 2.45) is 5.92 Å². The van der Waals surface area contributed by atoms with Crippen molar-refractivity contribution in [1.82, 2.24) is 0 Å². The summed E-state index contributed by atoms with van der Waals surface area (Å²) in [7, 11) is 0. The van der Waals surface area contributed by atoms with Gasteiger partial charge in [-0.15, -0.1) is 0 Å². The van der Waals surface area contributed by atoms with E-state index in [4.69, 9.17) is 9.47 Å². The maximum absolute atomic E-state index is 12.1. The molecule has 0 rings (SSSR count). The van der Waals surface area contributed by atoms with Gasteiger partial charge in [-0.05, 0) is 44.4 Å². The zero-order valence-corrected chi connectivity index (χ0v) is 28.4. The lowest BCUT2D eigenvalue weighted by atomic mass is 9.99. The molecule has 0 aromatic rings. The molecular formula is C38H66O6. The minimum absolute atomic E-state index is 0.109. The Morgan fingerprint density at radius 1 is 0.705 bits per heavy atom. The van der Waals surface area contributed by atoms with Gasteiger partial charge in [-0.25, -0.2) is 0 Å². The van der Waals surface area contributed by atoms with Crippen LogP contribution in [0.3, 0.4) is 0 Å². The topological polar surface area (TPSA) is 93.1 Å². The molecule has 254 valence electrons. The third-order valence-electron chi connectivity index (χ3n) is 7.77. The summed E-state index contributed by atoms with van der Waals surface area (Å²) in [6.45, 7) is 6.28. The lowest BCUT2D eigenvalue weighted by Crippen LogP contribution is -2.28. The van der Waals surface area contributed by atoms with Gasteiger partial charge in [0.25, 0.3) is 0 Å². The Morgan fingerprint density at radius 3 is 2.00 bits per heavy atom. The lowest BCUT2D eigenvalue weighted by molar-refractivity contribution is -0.161. The SMILES string of the molecule is CCCCC[C@@H](O)/C=C/C=C\C/C=C\C/C=C\CCCC(=O)OC[C@H](CO)OC(=O)CCCCCCCCCCC(C)CC. The first-order chi connectivity index (χ1) is 21.4. The third-order valence-corrected chi connectivity index (χ3v) is 7.77. The summed E-state index contributed by atoms with van der Waals surface area (Å²) < 4.78 is 10.5. The summed E-state index contributed by atoms with van der Waals surface area (Å²) in [5, 5.41) is 19.3. The Bertz CT molecular complexity index is 784. The van der Waals surface area contributed by atoms with Crippen LogP contribution in [0.2, 0.25) is 0 Å². The van der Waals surface area contributed by atoms with E-state index in [0.717, 1.165) is 63.7 Å². The van der Waals surface area contributed by atoms with E-state index in [0.29, 0.717) is 12.8 Å². The van der Waals surface area contributed by atoms with Crippen LogP contribution in [0.4, 0.5) is 0 Å². The highest BCUT2D eigenvalue weighted by Gasteiger charge is 2.16. The van der Waals surface area contributed by atoms with Crippen molar-refractivity contribution in [3.8, 4) is 0 Å². The second-order valence-electron chi connectivity index (χ2n) is 12.0. The van der Waals surface area contributed by atoms with Crippen LogP contribution in [0.5, 0.6) is 0 Å². The number of allylic oxidation sites excluding steroid dienone is 7. The molecule has 0 saturated heterocycles. The molecule has 3 atom stereocenters. The zero-order chi connectivity index (χ0) is 32.5. The highest BCUT2D eigenvalue weighted by molar-refractivity contribution is 5.70. The molecule has 0 saturated carbocycles. The van der Waals surface area contributed by atoms with Gasteiger partial charge in [0, 0.05) is 12.8 Å². The number of carbonyl (C=O) groups excluding carboxylic acids is 2. The van der Waals surface area contributed by atoms with Crippen molar-refractivity contribution in [3.63, 3.8) is 0 Å². The molecule has 0 aliphatic carbocycles. The first kappa shape index (κ1) is 41.8. The molecular weight excluding hydrogens is 552 g/mol. The Kier molecular flexibility index (Phi) is 30.6. The molecule has 0 aliphatic heterocycles. The fourth-order valence-corrected chi connectivity index (χ4v) is 4.63. The molecule has 6 nitrogen and oxygen atoms in total. The third kappa shape index (κ3) is 29.9. The Labute approximate surface area is 270 Å². The maximum Gasteiger partial charge on any atom is 0.306 e. The quantitative estimate of drug-likeness (QED) is 0.0360. The van der Waals surface area contributed by atoms with Crippen LogP contribution in [0.25, 0.3) is 0 Å². The van der Waals surface area contributed by atoms with Crippen molar-refractivity contribution in [2.45, 2.75) is 161 Å². The molecule has 6 heteroatoms. The van der Waals surface area contributed by atoms with Gasteiger partial charge in [0.2, 0.25) is 0 Å². The molecule has 0 aromatic carbocycles. The number of aliphatic hydroxyl groups excluding tert-OH is 2. The Hall–Kier alpha value is -2.18. The molecule has 0 bridgehead atoms. The minimum atomic E-state index is -0.804. The van der Waals surface area contributed by atoms with Crippen molar-refractivity contribution in [1.29, 1.82) is 0 Å². The highest BCUT2D eigenvalue weighted by Crippen LogP contribution is 2.15. The number of hydrogen-bond donors (Lipinski definition) is 2. The molecule has 2 N–H and O–H groups in total. The molecule has 44 heavy (non-hydrogen) atoms. The van der Waals surface area contributed by atoms with Gasteiger partial charge in [-0.1, -0.05) is 146 Å². The second-order valence-corrected chi connectivity index (χ2v) is 12.0. The zero-order valence-electron chi connectivity index (χ0n) is 28.4. The second kappa shape index (κ2) is 32.2. The van der Waals surface area contributed by atoms with Crippen molar-refractivity contribution >= 4 is 11.9 Å². The molecule has 0 heterocycles. The van der Waals surface area contributed by atoms with Crippen LogP contribution < -0.4 is 0 Å². The normalized spacial score (nSPS) is 14.2. The van der Waals surface area contributed by atoms with Gasteiger partial charge >= 0.3 is 11.9 Å². The van der Waals surface area contributed by atoms with E-state index in [2.05, 4.69) is 51.2 Å². The smallest absolute Gasteiger partial charge is 0.306 e. The summed E-state index contributed by atoms with van der Waals surface area (Å²) in [4.78, 5) is 24.1. The van der Waals surface area contributed by atoms with E-state index in [9.17, 15) is 19.8 Å². The van der Waals surface area contributed by atoms with Crippen LogP contribution in [0, 0.1) is 5.92 Å². The van der Waals surface area contributed by atoms with Crippen LogP contribution in [0.15, 0.2) is 48.6 Å². The van der Waals surface area contributed by atoms with E-state index in [1.54, 1.807) is 0 Å². The van der Waals surface area contributed by atoms with Gasteiger partial charge in [-0.3, -0.25) is 9.59 Å². The lowest BCUT2D eigenvalue weighted by Gasteiger charge is -2.15. The number of rotatable bonds is 30. The Balaban J connectivity index is 3.77. The average molecular weight is 619 g/mol. The number of carbonyl (C=O) groups is 2. The van der Waals surface area contributed by atoms with Crippen LogP contribution in [0.1, 0.15) is 149 Å². The monoisotopic (exact) mass is 618 g/mol. The van der Waals surface area contributed by atoms with Crippen LogP contribution in [-0.2, 0) is 19.1 Å². The largest absolute Gasteiger partial charge is 0.462 e. The summed E-state index contributed by atoms with van der Waals surface area (Å²) in [5.41, 5.74) is 0. The van der Waals surface area contributed by atoms with Gasteiger partial charge in [0.05, 0.1) is 12.7 Å². The first-order valence-electron chi connectivity index (χ1n) is 17.7. The van der Waals surface area contributed by atoms with Crippen molar-refractivity contribution in [2.75, 3.05) is 13.2 Å². The maximum atomic E-state index is 12.1. The van der Waals surface area contributed by atoms with Gasteiger partial charge in [0.1, 0.15) is 6.61 Å². The summed E-state index contributed by atoms with van der Waals surface area (Å²) in [5.74, 6) is 0.159. The van der Waals surface area contributed by atoms with Crippen molar-refractivity contribution < 1.29 is 29.3 Å². The molecule has 1 unspecified atom stereocenters. The average Bonchev–Trinajstić information content (AvgIpc) is 3.02. The van der Waals surface area contributed by atoms with Gasteiger partial charge in [0.15, 0.2) is 6.10 Å². The van der Waals surface area contributed by atoms with Crippen LogP contribution >= 0.6 is 0 Å². The number of esters is 2. The fraction of sp³-hybridized carbons (Fsp3) is 0.737. The summed E-state index contributed by atoms with van der Waals surface area (Å²) in [6, 6.07) is 0. The predicted octanol–water partition coefficient (Wildman–Crippen LogP) is 9.50. The number of hydrogen-bond acceptors (Lipinski definition) is 6. The molecule has 0 amide bonds. The minimum Gasteiger partial charge on any atom is -0.462 e. The van der Waals surface area contributed by atoms with E-state index >= 15 is 0 Å². The number of aliphatic hydroxyl groups is 2.